The Morgan fingerprint density at radius 1 is 0.952 bits per heavy atom. The van der Waals surface area contributed by atoms with Crippen LogP contribution in [-0.2, 0) is 9.47 Å². The summed E-state index contributed by atoms with van der Waals surface area (Å²) in [6.07, 6.45) is 11.5. The maximum atomic E-state index is 6.21. The fourth-order valence-corrected chi connectivity index (χ4v) is 4.60. The normalized spacial score (nSPS) is 30.9. The van der Waals surface area contributed by atoms with Gasteiger partial charge in [-0.15, -0.1) is 0 Å². The van der Waals surface area contributed by atoms with Gasteiger partial charge in [0.05, 0.1) is 5.60 Å². The van der Waals surface area contributed by atoms with Crippen LogP contribution in [0.5, 0.6) is 0 Å². The second-order valence-electron chi connectivity index (χ2n) is 7.11. The molecule has 2 aliphatic heterocycles. The molecule has 4 nitrogen and oxygen atoms in total. The maximum absolute atomic E-state index is 6.21. The summed E-state index contributed by atoms with van der Waals surface area (Å²) in [4.78, 5) is 2.75. The molecule has 2 N–H and O–H groups in total. The summed E-state index contributed by atoms with van der Waals surface area (Å²) in [6.45, 7) is 4.49. The van der Waals surface area contributed by atoms with Crippen LogP contribution in [0.2, 0.25) is 0 Å². The van der Waals surface area contributed by atoms with Gasteiger partial charge in [-0.05, 0) is 38.5 Å². The average molecular weight is 296 g/mol. The van der Waals surface area contributed by atoms with Gasteiger partial charge in [0, 0.05) is 45.0 Å². The van der Waals surface area contributed by atoms with Crippen molar-refractivity contribution in [2.45, 2.75) is 75.5 Å². The third kappa shape index (κ3) is 3.79. The smallest absolute Gasteiger partial charge is 0.0741 e. The molecule has 2 heterocycles. The molecule has 1 aliphatic carbocycles. The van der Waals surface area contributed by atoms with Crippen LogP contribution in [0, 0.1) is 0 Å². The zero-order valence-electron chi connectivity index (χ0n) is 13.4. The van der Waals surface area contributed by atoms with E-state index in [0.29, 0.717) is 6.04 Å². The van der Waals surface area contributed by atoms with Crippen molar-refractivity contribution in [3.8, 4) is 0 Å². The van der Waals surface area contributed by atoms with E-state index in [2.05, 4.69) is 4.90 Å². The van der Waals surface area contributed by atoms with Gasteiger partial charge < -0.3 is 15.2 Å². The highest BCUT2D eigenvalue weighted by atomic mass is 16.5. The first kappa shape index (κ1) is 15.7. The number of nitrogens with two attached hydrogens (primary N) is 1. The quantitative estimate of drug-likeness (QED) is 0.865. The van der Waals surface area contributed by atoms with E-state index in [9.17, 15) is 0 Å². The second-order valence-corrected chi connectivity index (χ2v) is 7.11. The van der Waals surface area contributed by atoms with Crippen molar-refractivity contribution >= 4 is 0 Å². The van der Waals surface area contributed by atoms with Gasteiger partial charge in [-0.2, -0.15) is 0 Å². The van der Waals surface area contributed by atoms with Gasteiger partial charge in [-0.25, -0.2) is 0 Å². The van der Waals surface area contributed by atoms with E-state index in [1.165, 1.54) is 44.9 Å². The summed E-state index contributed by atoms with van der Waals surface area (Å²) in [5.74, 6) is 0. The van der Waals surface area contributed by atoms with Gasteiger partial charge in [-0.3, -0.25) is 4.90 Å². The molecule has 0 aromatic heterocycles. The van der Waals surface area contributed by atoms with E-state index in [1.54, 1.807) is 0 Å². The molecule has 1 atom stereocenters. The fraction of sp³-hybridized carbons (Fsp3) is 1.00. The van der Waals surface area contributed by atoms with Crippen LogP contribution in [0.1, 0.15) is 57.8 Å². The highest BCUT2D eigenvalue weighted by Crippen LogP contribution is 2.37. The van der Waals surface area contributed by atoms with Gasteiger partial charge in [0.1, 0.15) is 0 Å². The molecule has 3 aliphatic rings. The molecule has 1 spiro atoms. The molecule has 1 saturated carbocycles. The number of nitrogens with zero attached hydrogens (tertiary/aromatic N) is 1. The molecule has 0 radical (unpaired) electrons. The second kappa shape index (κ2) is 7.40. The average Bonchev–Trinajstić information content (AvgIpc) is 2.54. The molecule has 3 rings (SSSR count). The van der Waals surface area contributed by atoms with Gasteiger partial charge in [-0.1, -0.05) is 19.3 Å². The SMILES string of the molecule is NCCN(C1CCCCC1)C1CCOC2(CCOCC2)C1. The molecule has 4 heteroatoms. The molecular weight excluding hydrogens is 264 g/mol. The van der Waals surface area contributed by atoms with Crippen LogP contribution in [0.4, 0.5) is 0 Å². The van der Waals surface area contributed by atoms with Crippen LogP contribution in [0.3, 0.4) is 0 Å². The van der Waals surface area contributed by atoms with Crippen LogP contribution >= 0.6 is 0 Å². The van der Waals surface area contributed by atoms with Crippen molar-refractivity contribution in [3.63, 3.8) is 0 Å². The Balaban J connectivity index is 1.66. The summed E-state index contributed by atoms with van der Waals surface area (Å²) >= 11 is 0. The van der Waals surface area contributed by atoms with Crippen LogP contribution < -0.4 is 5.73 Å². The molecule has 0 amide bonds. The first-order valence-electron chi connectivity index (χ1n) is 9.00. The molecule has 2 saturated heterocycles. The molecule has 122 valence electrons. The summed E-state index contributed by atoms with van der Waals surface area (Å²) in [5.41, 5.74) is 6.02. The van der Waals surface area contributed by atoms with Crippen molar-refractivity contribution in [3.05, 3.63) is 0 Å². The molecule has 3 fully saturated rings. The fourth-order valence-electron chi connectivity index (χ4n) is 4.60. The summed E-state index contributed by atoms with van der Waals surface area (Å²) < 4.78 is 11.8. The summed E-state index contributed by atoms with van der Waals surface area (Å²) in [5, 5.41) is 0. The molecule has 0 aromatic carbocycles. The molecule has 21 heavy (non-hydrogen) atoms. The zero-order chi connectivity index (χ0) is 14.5. The largest absolute Gasteiger partial charge is 0.381 e. The van der Waals surface area contributed by atoms with E-state index in [0.717, 1.165) is 51.8 Å². The first-order valence-corrected chi connectivity index (χ1v) is 9.00. The minimum Gasteiger partial charge on any atom is -0.381 e. The predicted molar refractivity (Wildman–Crippen MR) is 84.4 cm³/mol. The lowest BCUT2D eigenvalue weighted by atomic mass is 9.82. The Morgan fingerprint density at radius 2 is 1.71 bits per heavy atom. The lowest BCUT2D eigenvalue weighted by molar-refractivity contribution is -0.154. The highest BCUT2D eigenvalue weighted by molar-refractivity contribution is 4.94. The number of hydrogen-bond donors (Lipinski definition) is 1. The zero-order valence-corrected chi connectivity index (χ0v) is 13.4. The Bertz CT molecular complexity index is 306. The van der Waals surface area contributed by atoms with Crippen LogP contribution in [-0.4, -0.2) is 55.5 Å². The van der Waals surface area contributed by atoms with Crippen molar-refractivity contribution in [1.29, 1.82) is 0 Å². The number of ether oxygens (including phenoxy) is 2. The molecule has 0 aromatic rings. The predicted octanol–water partition coefficient (Wildman–Crippen LogP) is 2.31. The number of rotatable bonds is 4. The Hall–Kier alpha value is -0.160. The van der Waals surface area contributed by atoms with E-state index in [1.807, 2.05) is 0 Å². The Kier molecular flexibility index (Phi) is 5.54. The molecule has 0 bridgehead atoms. The van der Waals surface area contributed by atoms with Crippen molar-refractivity contribution in [2.75, 3.05) is 32.9 Å². The minimum atomic E-state index is 0.0999. The third-order valence-electron chi connectivity index (χ3n) is 5.77. The minimum absolute atomic E-state index is 0.0999. The highest BCUT2D eigenvalue weighted by Gasteiger charge is 2.41. The topological polar surface area (TPSA) is 47.7 Å². The molecule has 1 unspecified atom stereocenters. The van der Waals surface area contributed by atoms with Crippen molar-refractivity contribution < 1.29 is 9.47 Å². The third-order valence-corrected chi connectivity index (χ3v) is 5.77. The van der Waals surface area contributed by atoms with Crippen molar-refractivity contribution in [2.24, 2.45) is 5.73 Å². The lowest BCUT2D eigenvalue weighted by Gasteiger charge is -2.48. The summed E-state index contributed by atoms with van der Waals surface area (Å²) in [7, 11) is 0. The van der Waals surface area contributed by atoms with E-state index >= 15 is 0 Å². The lowest BCUT2D eigenvalue weighted by Crippen LogP contribution is -2.54. The number of hydrogen-bond acceptors (Lipinski definition) is 4. The van der Waals surface area contributed by atoms with Crippen molar-refractivity contribution in [1.82, 2.24) is 4.90 Å². The Morgan fingerprint density at radius 3 is 2.43 bits per heavy atom. The van der Waals surface area contributed by atoms with E-state index < -0.39 is 0 Å². The summed E-state index contributed by atoms with van der Waals surface area (Å²) in [6, 6.07) is 1.44. The van der Waals surface area contributed by atoms with Crippen LogP contribution in [0.25, 0.3) is 0 Å². The van der Waals surface area contributed by atoms with Gasteiger partial charge in [0.25, 0.3) is 0 Å². The van der Waals surface area contributed by atoms with E-state index in [4.69, 9.17) is 15.2 Å². The Labute approximate surface area is 129 Å². The van der Waals surface area contributed by atoms with Gasteiger partial charge in [0.2, 0.25) is 0 Å². The first-order chi connectivity index (χ1) is 10.3. The monoisotopic (exact) mass is 296 g/mol. The van der Waals surface area contributed by atoms with Gasteiger partial charge >= 0.3 is 0 Å². The maximum Gasteiger partial charge on any atom is 0.0741 e. The molecular formula is C17H32N2O2. The standard InChI is InChI=1S/C17H32N2O2/c18-9-10-19(15-4-2-1-3-5-15)16-6-11-21-17(14-16)7-12-20-13-8-17/h15-16H,1-14,18H2. The van der Waals surface area contributed by atoms with E-state index in [-0.39, 0.29) is 5.60 Å². The van der Waals surface area contributed by atoms with Gasteiger partial charge in [0.15, 0.2) is 0 Å². The van der Waals surface area contributed by atoms with Crippen LogP contribution in [0.15, 0.2) is 0 Å².